The van der Waals surface area contributed by atoms with Gasteiger partial charge < -0.3 is 9.84 Å². The molecule has 1 N–H and O–H groups in total. The predicted octanol–water partition coefficient (Wildman–Crippen LogP) is 2.36. The molecule has 0 aromatic heterocycles. The van der Waals surface area contributed by atoms with E-state index in [0.717, 1.165) is 12.2 Å². The smallest absolute Gasteiger partial charge is 0.119 e. The Kier molecular flexibility index (Phi) is 3.53. The van der Waals surface area contributed by atoms with Crippen LogP contribution in [0.15, 0.2) is 24.3 Å². The van der Waals surface area contributed by atoms with Crippen molar-refractivity contribution in [1.29, 1.82) is 0 Å². The summed E-state index contributed by atoms with van der Waals surface area (Å²) < 4.78 is 5.17. The van der Waals surface area contributed by atoms with Gasteiger partial charge in [-0.1, -0.05) is 26.0 Å². The zero-order valence-corrected chi connectivity index (χ0v) is 9.08. The van der Waals surface area contributed by atoms with E-state index >= 15 is 0 Å². The topological polar surface area (TPSA) is 29.5 Å². The van der Waals surface area contributed by atoms with Crippen molar-refractivity contribution in [3.63, 3.8) is 0 Å². The highest BCUT2D eigenvalue weighted by molar-refractivity contribution is 5.32. The normalized spacial score (nSPS) is 11.4. The van der Waals surface area contributed by atoms with Crippen LogP contribution in [0.5, 0.6) is 5.75 Å². The molecule has 78 valence electrons. The third kappa shape index (κ3) is 2.48. The average Bonchev–Trinajstić information content (AvgIpc) is 2.18. The van der Waals surface area contributed by atoms with Gasteiger partial charge in [0.1, 0.15) is 5.75 Å². The molecule has 0 aliphatic carbocycles. The van der Waals surface area contributed by atoms with Crippen LogP contribution in [0.25, 0.3) is 0 Å². The fraction of sp³-hybridized carbons (Fsp3) is 0.500. The highest BCUT2D eigenvalue weighted by atomic mass is 16.5. The Balaban J connectivity index is 2.93. The number of rotatable bonds is 4. The molecule has 2 nitrogen and oxygen atoms in total. The van der Waals surface area contributed by atoms with Crippen LogP contribution in [-0.2, 0) is 5.41 Å². The third-order valence-corrected chi connectivity index (χ3v) is 2.59. The maximum Gasteiger partial charge on any atom is 0.119 e. The first-order chi connectivity index (χ1) is 6.60. The quantitative estimate of drug-likeness (QED) is 0.797. The molecule has 0 amide bonds. The van der Waals surface area contributed by atoms with Crippen LogP contribution in [0, 0.1) is 0 Å². The molecule has 0 aliphatic heterocycles. The highest BCUT2D eigenvalue weighted by Gasteiger charge is 2.19. The molecule has 1 aromatic rings. The monoisotopic (exact) mass is 194 g/mol. The van der Waals surface area contributed by atoms with Gasteiger partial charge in [0.25, 0.3) is 0 Å². The number of methoxy groups -OCH3 is 1. The van der Waals surface area contributed by atoms with Crippen molar-refractivity contribution in [3.8, 4) is 5.75 Å². The van der Waals surface area contributed by atoms with Crippen LogP contribution in [0.3, 0.4) is 0 Å². The van der Waals surface area contributed by atoms with Crippen LogP contribution in [0.2, 0.25) is 0 Å². The molecule has 0 spiro atoms. The van der Waals surface area contributed by atoms with Gasteiger partial charge in [-0.15, -0.1) is 0 Å². The van der Waals surface area contributed by atoms with Crippen LogP contribution < -0.4 is 4.74 Å². The standard InChI is InChI=1S/C12H18O2/c1-12(2,7-8-13)10-5-4-6-11(9-10)14-3/h4-6,9,13H,7-8H2,1-3H3. The van der Waals surface area contributed by atoms with Crippen molar-refractivity contribution in [2.75, 3.05) is 13.7 Å². The summed E-state index contributed by atoms with van der Waals surface area (Å²) in [5.74, 6) is 0.869. The van der Waals surface area contributed by atoms with Gasteiger partial charge in [0.2, 0.25) is 0 Å². The summed E-state index contributed by atoms with van der Waals surface area (Å²) in [7, 11) is 1.66. The Morgan fingerprint density at radius 2 is 2.07 bits per heavy atom. The van der Waals surface area contributed by atoms with E-state index in [1.807, 2.05) is 18.2 Å². The lowest BCUT2D eigenvalue weighted by molar-refractivity contribution is 0.252. The first-order valence-electron chi connectivity index (χ1n) is 4.85. The summed E-state index contributed by atoms with van der Waals surface area (Å²) in [6, 6.07) is 8.00. The molecule has 0 atom stereocenters. The lowest BCUT2D eigenvalue weighted by atomic mass is 9.82. The Morgan fingerprint density at radius 1 is 1.36 bits per heavy atom. The van der Waals surface area contributed by atoms with Gasteiger partial charge in [-0.2, -0.15) is 0 Å². The van der Waals surface area contributed by atoms with Crippen molar-refractivity contribution in [2.45, 2.75) is 25.7 Å². The fourth-order valence-corrected chi connectivity index (χ4v) is 1.47. The van der Waals surface area contributed by atoms with Crippen LogP contribution in [-0.4, -0.2) is 18.8 Å². The van der Waals surface area contributed by atoms with E-state index < -0.39 is 0 Å². The second kappa shape index (κ2) is 4.47. The Morgan fingerprint density at radius 3 is 2.64 bits per heavy atom. The van der Waals surface area contributed by atoms with Gasteiger partial charge in [-0.05, 0) is 29.5 Å². The Bertz CT molecular complexity index is 292. The van der Waals surface area contributed by atoms with Gasteiger partial charge in [-0.25, -0.2) is 0 Å². The lowest BCUT2D eigenvalue weighted by Gasteiger charge is -2.24. The first kappa shape index (κ1) is 11.1. The van der Waals surface area contributed by atoms with Crippen molar-refractivity contribution < 1.29 is 9.84 Å². The molecule has 0 radical (unpaired) electrons. The second-order valence-corrected chi connectivity index (χ2v) is 4.09. The zero-order chi connectivity index (χ0) is 10.6. The largest absolute Gasteiger partial charge is 0.497 e. The molecule has 0 aliphatic rings. The highest BCUT2D eigenvalue weighted by Crippen LogP contribution is 2.28. The minimum Gasteiger partial charge on any atom is -0.497 e. The van der Waals surface area contributed by atoms with E-state index in [4.69, 9.17) is 9.84 Å². The van der Waals surface area contributed by atoms with Gasteiger partial charge in [0.15, 0.2) is 0 Å². The van der Waals surface area contributed by atoms with Crippen molar-refractivity contribution in [2.24, 2.45) is 0 Å². The summed E-state index contributed by atoms with van der Waals surface area (Å²) in [6.45, 7) is 4.46. The SMILES string of the molecule is COc1cccc(C(C)(C)CCO)c1. The van der Waals surface area contributed by atoms with Gasteiger partial charge in [0.05, 0.1) is 7.11 Å². The molecule has 0 saturated carbocycles. The summed E-state index contributed by atoms with van der Waals surface area (Å²) in [5, 5.41) is 8.96. The molecule has 0 fully saturated rings. The van der Waals surface area contributed by atoms with E-state index in [1.165, 1.54) is 5.56 Å². The first-order valence-corrected chi connectivity index (χ1v) is 4.85. The maximum absolute atomic E-state index is 8.96. The summed E-state index contributed by atoms with van der Waals surface area (Å²) in [5.41, 5.74) is 1.20. The number of ether oxygens (including phenoxy) is 1. The second-order valence-electron chi connectivity index (χ2n) is 4.09. The van der Waals surface area contributed by atoms with Crippen molar-refractivity contribution in [1.82, 2.24) is 0 Å². The number of hydrogen-bond acceptors (Lipinski definition) is 2. The third-order valence-electron chi connectivity index (χ3n) is 2.59. The van der Waals surface area contributed by atoms with Crippen LogP contribution in [0.4, 0.5) is 0 Å². The van der Waals surface area contributed by atoms with Crippen LogP contribution >= 0.6 is 0 Å². The molecule has 14 heavy (non-hydrogen) atoms. The summed E-state index contributed by atoms with van der Waals surface area (Å²) in [4.78, 5) is 0. The molecule has 0 bridgehead atoms. The summed E-state index contributed by atoms with van der Waals surface area (Å²) >= 11 is 0. The summed E-state index contributed by atoms with van der Waals surface area (Å²) in [6.07, 6.45) is 0.764. The van der Waals surface area contributed by atoms with Gasteiger partial charge >= 0.3 is 0 Å². The lowest BCUT2D eigenvalue weighted by Crippen LogP contribution is -2.18. The number of aliphatic hydroxyl groups excluding tert-OH is 1. The van der Waals surface area contributed by atoms with E-state index in [-0.39, 0.29) is 12.0 Å². The molecule has 0 unspecified atom stereocenters. The molecule has 0 saturated heterocycles. The molecule has 1 rings (SSSR count). The molecule has 1 aromatic carbocycles. The zero-order valence-electron chi connectivity index (χ0n) is 9.08. The molecule has 0 heterocycles. The minimum atomic E-state index is 0.00326. The van der Waals surface area contributed by atoms with E-state index in [9.17, 15) is 0 Å². The number of aliphatic hydroxyl groups is 1. The van der Waals surface area contributed by atoms with Gasteiger partial charge in [0, 0.05) is 6.61 Å². The van der Waals surface area contributed by atoms with E-state index in [2.05, 4.69) is 19.9 Å². The van der Waals surface area contributed by atoms with Crippen molar-refractivity contribution in [3.05, 3.63) is 29.8 Å². The van der Waals surface area contributed by atoms with E-state index in [0.29, 0.717) is 0 Å². The Hall–Kier alpha value is -1.02. The maximum atomic E-state index is 8.96. The molecule has 2 heteroatoms. The molecular formula is C12H18O2. The number of benzene rings is 1. The average molecular weight is 194 g/mol. The predicted molar refractivity (Wildman–Crippen MR) is 57.7 cm³/mol. The fourth-order valence-electron chi connectivity index (χ4n) is 1.47. The van der Waals surface area contributed by atoms with Crippen molar-refractivity contribution >= 4 is 0 Å². The minimum absolute atomic E-state index is 0.00326. The Labute approximate surface area is 85.5 Å². The number of hydrogen-bond donors (Lipinski definition) is 1. The van der Waals surface area contributed by atoms with Gasteiger partial charge in [-0.3, -0.25) is 0 Å². The molecular weight excluding hydrogens is 176 g/mol. The van der Waals surface area contributed by atoms with Crippen LogP contribution in [0.1, 0.15) is 25.8 Å². The van der Waals surface area contributed by atoms with E-state index in [1.54, 1.807) is 7.11 Å².